The van der Waals surface area contributed by atoms with Gasteiger partial charge in [-0.25, -0.2) is 9.97 Å². The number of fused-ring (bicyclic) bond motifs is 15. The van der Waals surface area contributed by atoms with Crippen molar-refractivity contribution in [2.45, 2.75) is 0 Å². The number of aromatic nitrogens is 4. The average Bonchev–Trinajstić information content (AvgIpc) is 3.86. The maximum atomic E-state index is 5.60. The minimum Gasteiger partial charge on any atom is -0.308 e. The van der Waals surface area contributed by atoms with E-state index in [4.69, 9.17) is 9.97 Å². The molecule has 13 rings (SSSR count). The monoisotopic (exact) mass is 684 g/mol. The summed E-state index contributed by atoms with van der Waals surface area (Å²) in [5.41, 5.74) is 8.84. The van der Waals surface area contributed by atoms with Gasteiger partial charge in [0.15, 0.2) is 0 Å². The number of hydrogen-bond acceptors (Lipinski definition) is 2. The molecule has 0 atom stereocenters. The first-order chi connectivity index (χ1) is 26.8. The summed E-state index contributed by atoms with van der Waals surface area (Å²) in [5.74, 6) is 0.666. The van der Waals surface area contributed by atoms with Gasteiger partial charge in [-0.3, -0.25) is 4.57 Å². The second-order valence-corrected chi connectivity index (χ2v) is 14.6. The fourth-order valence-electron chi connectivity index (χ4n) is 9.45. The predicted octanol–water partition coefficient (Wildman–Crippen LogP) is 13.0. The largest absolute Gasteiger partial charge is 0.308 e. The molecule has 0 bridgehead atoms. The van der Waals surface area contributed by atoms with Crippen LogP contribution < -0.4 is 0 Å². The topological polar surface area (TPSA) is 35.1 Å². The maximum Gasteiger partial charge on any atom is 0.235 e. The Balaban J connectivity index is 1.23. The van der Waals surface area contributed by atoms with E-state index in [-0.39, 0.29) is 0 Å². The molecular formula is C50H28N4. The van der Waals surface area contributed by atoms with Crippen molar-refractivity contribution in [1.29, 1.82) is 0 Å². The first-order valence-corrected chi connectivity index (χ1v) is 18.5. The molecule has 0 amide bonds. The molecule has 0 aliphatic carbocycles. The van der Waals surface area contributed by atoms with Crippen LogP contribution in [0.2, 0.25) is 0 Å². The first-order valence-electron chi connectivity index (χ1n) is 18.5. The van der Waals surface area contributed by atoms with Gasteiger partial charge in [-0.05, 0) is 74.8 Å². The van der Waals surface area contributed by atoms with Crippen LogP contribution in [0.15, 0.2) is 170 Å². The van der Waals surface area contributed by atoms with Crippen LogP contribution in [0.5, 0.6) is 0 Å². The molecule has 0 aliphatic heterocycles. The van der Waals surface area contributed by atoms with Crippen molar-refractivity contribution in [3.05, 3.63) is 170 Å². The Morgan fingerprint density at radius 2 is 1.00 bits per heavy atom. The number of hydrogen-bond donors (Lipinski definition) is 0. The van der Waals surface area contributed by atoms with E-state index in [9.17, 15) is 0 Å². The van der Waals surface area contributed by atoms with Crippen LogP contribution >= 0.6 is 0 Å². The van der Waals surface area contributed by atoms with Gasteiger partial charge in [0.2, 0.25) is 5.95 Å². The van der Waals surface area contributed by atoms with Crippen molar-refractivity contribution in [2.24, 2.45) is 0 Å². The van der Waals surface area contributed by atoms with E-state index >= 15 is 0 Å². The molecule has 0 saturated carbocycles. The smallest absolute Gasteiger partial charge is 0.235 e. The fourth-order valence-corrected chi connectivity index (χ4v) is 9.45. The minimum absolute atomic E-state index is 0.666. The number of benzene rings is 9. The second-order valence-electron chi connectivity index (χ2n) is 14.6. The van der Waals surface area contributed by atoms with Gasteiger partial charge in [-0.15, -0.1) is 0 Å². The summed E-state index contributed by atoms with van der Waals surface area (Å²) in [4.78, 5) is 11.0. The third kappa shape index (κ3) is 3.61. The van der Waals surface area contributed by atoms with E-state index in [2.05, 4.69) is 179 Å². The van der Waals surface area contributed by atoms with E-state index in [0.29, 0.717) is 5.95 Å². The van der Waals surface area contributed by atoms with E-state index in [1.165, 1.54) is 75.8 Å². The molecule has 4 heteroatoms. The van der Waals surface area contributed by atoms with E-state index in [0.717, 1.165) is 38.6 Å². The van der Waals surface area contributed by atoms with Gasteiger partial charge in [0.05, 0.1) is 38.8 Å². The van der Waals surface area contributed by atoms with Gasteiger partial charge >= 0.3 is 0 Å². The third-order valence-electron chi connectivity index (χ3n) is 11.8. The van der Waals surface area contributed by atoms with Gasteiger partial charge in [0.1, 0.15) is 0 Å². The summed E-state index contributed by atoms with van der Waals surface area (Å²) in [6.45, 7) is 0. The molecular weight excluding hydrogens is 657 g/mol. The zero-order chi connectivity index (χ0) is 35.1. The van der Waals surface area contributed by atoms with Crippen molar-refractivity contribution in [3.8, 4) is 17.2 Å². The standard InChI is InChI=1S/C50H28N4/c1-2-13-31-25-34(22-21-29(31)11-1)48-45-35-16-6-5-12-30(35)23-24-40(45)51-50(52-48)54-42-20-10-8-18-37(42)46-44(54)28-38-36-17-7-9-19-41(36)53-43-27-33-15-4-3-14-32(33)26-39(43)47(46)49(38)53/h1-28H. The normalized spacial score (nSPS) is 12.4. The molecule has 248 valence electrons. The second kappa shape index (κ2) is 10.2. The summed E-state index contributed by atoms with van der Waals surface area (Å²) in [7, 11) is 0. The van der Waals surface area contributed by atoms with Gasteiger partial charge < -0.3 is 4.40 Å². The van der Waals surface area contributed by atoms with Crippen LogP contribution in [0.3, 0.4) is 0 Å². The van der Waals surface area contributed by atoms with Gasteiger partial charge in [-0.1, -0.05) is 127 Å². The number of rotatable bonds is 2. The zero-order valence-corrected chi connectivity index (χ0v) is 29.0. The molecule has 9 aromatic carbocycles. The quantitative estimate of drug-likeness (QED) is 0.170. The summed E-state index contributed by atoms with van der Waals surface area (Å²) in [6, 6.07) is 61.6. The molecule has 54 heavy (non-hydrogen) atoms. The molecule has 0 aliphatic rings. The highest BCUT2D eigenvalue weighted by Gasteiger charge is 2.26. The summed E-state index contributed by atoms with van der Waals surface area (Å²) in [6.07, 6.45) is 0. The van der Waals surface area contributed by atoms with Crippen LogP contribution in [-0.2, 0) is 0 Å². The predicted molar refractivity (Wildman–Crippen MR) is 226 cm³/mol. The third-order valence-corrected chi connectivity index (χ3v) is 11.8. The van der Waals surface area contributed by atoms with Gasteiger partial charge in [0, 0.05) is 43.3 Å². The SMILES string of the molecule is c1ccc2cc(-c3nc(-n4c5ccccc5c5c6c7cc8ccccc8cc7n7c8ccccc8c(cc54)c67)nc4ccc5ccccc5c34)ccc2c1. The first kappa shape index (κ1) is 28.3. The van der Waals surface area contributed by atoms with Crippen molar-refractivity contribution in [1.82, 2.24) is 18.9 Å². The van der Waals surface area contributed by atoms with Crippen LogP contribution in [0, 0.1) is 0 Å². The van der Waals surface area contributed by atoms with Gasteiger partial charge in [-0.2, -0.15) is 0 Å². The molecule has 0 fully saturated rings. The molecule has 4 aromatic heterocycles. The molecule has 0 radical (unpaired) electrons. The fraction of sp³-hybridized carbons (Fsp3) is 0. The highest BCUT2D eigenvalue weighted by molar-refractivity contribution is 6.36. The zero-order valence-electron chi connectivity index (χ0n) is 29.0. The van der Waals surface area contributed by atoms with Crippen molar-refractivity contribution >= 4 is 103 Å². The molecule has 4 nitrogen and oxygen atoms in total. The van der Waals surface area contributed by atoms with Crippen molar-refractivity contribution in [2.75, 3.05) is 0 Å². The summed E-state index contributed by atoms with van der Waals surface area (Å²) in [5, 5.41) is 15.7. The Bertz CT molecular complexity index is 3740. The molecule has 13 aromatic rings. The Hall–Kier alpha value is -7.30. The summed E-state index contributed by atoms with van der Waals surface area (Å²) >= 11 is 0. The van der Waals surface area contributed by atoms with Crippen LogP contribution in [0.4, 0.5) is 0 Å². The maximum absolute atomic E-state index is 5.60. The minimum atomic E-state index is 0.666. The van der Waals surface area contributed by atoms with Crippen LogP contribution in [0.25, 0.3) is 120 Å². The Morgan fingerprint density at radius 3 is 1.83 bits per heavy atom. The van der Waals surface area contributed by atoms with Crippen molar-refractivity contribution < 1.29 is 0 Å². The van der Waals surface area contributed by atoms with E-state index in [1.54, 1.807) is 0 Å². The summed E-state index contributed by atoms with van der Waals surface area (Å²) < 4.78 is 4.80. The molecule has 0 saturated heterocycles. The molecule has 4 heterocycles. The van der Waals surface area contributed by atoms with Gasteiger partial charge in [0.25, 0.3) is 0 Å². The number of para-hydroxylation sites is 2. The van der Waals surface area contributed by atoms with E-state index < -0.39 is 0 Å². The lowest BCUT2D eigenvalue weighted by Gasteiger charge is -2.14. The highest BCUT2D eigenvalue weighted by Crippen LogP contribution is 2.47. The lowest BCUT2D eigenvalue weighted by molar-refractivity contribution is 1.02. The van der Waals surface area contributed by atoms with Crippen LogP contribution in [-0.4, -0.2) is 18.9 Å². The van der Waals surface area contributed by atoms with E-state index in [1.807, 2.05) is 0 Å². The molecule has 0 N–H and O–H groups in total. The lowest BCUT2D eigenvalue weighted by atomic mass is 9.98. The Labute approximate surface area is 308 Å². The molecule has 0 spiro atoms. The number of nitrogens with zero attached hydrogens (tertiary/aromatic N) is 4. The highest BCUT2D eigenvalue weighted by atomic mass is 15.2. The average molecular weight is 685 g/mol. The molecule has 0 unspecified atom stereocenters. The lowest BCUT2D eigenvalue weighted by Crippen LogP contribution is -2.04. The van der Waals surface area contributed by atoms with Crippen LogP contribution in [0.1, 0.15) is 0 Å². The Kier molecular flexibility index (Phi) is 5.34. The Morgan fingerprint density at radius 1 is 0.352 bits per heavy atom. The van der Waals surface area contributed by atoms with Crippen molar-refractivity contribution in [3.63, 3.8) is 0 Å².